The average Bonchev–Trinajstić information content (AvgIpc) is 1.29. The molecule has 0 saturated heterocycles. The van der Waals surface area contributed by atoms with Crippen molar-refractivity contribution >= 4 is 109 Å². The largest absolute Gasteiger partial charge is 0.455 e. The van der Waals surface area contributed by atoms with Crippen molar-refractivity contribution in [1.82, 2.24) is 28.2 Å². The van der Waals surface area contributed by atoms with Crippen LogP contribution >= 0.6 is 0 Å². The van der Waals surface area contributed by atoms with Crippen molar-refractivity contribution in [3.05, 3.63) is 364 Å². The van der Waals surface area contributed by atoms with Crippen molar-refractivity contribution in [2.75, 3.05) is 0 Å². The van der Waals surface area contributed by atoms with Gasteiger partial charge >= 0.3 is 0 Å². The lowest BCUT2D eigenvalue weighted by Gasteiger charge is -2.12. The summed E-state index contributed by atoms with van der Waals surface area (Å²) in [6, 6.07) is 130. The van der Waals surface area contributed by atoms with E-state index in [9.17, 15) is 0 Å². The Kier molecular flexibility index (Phi) is 13.5. The second kappa shape index (κ2) is 23.6. The fraction of sp³-hybridized carbons (Fsp3) is 0. The third kappa shape index (κ3) is 9.58. The van der Waals surface area contributed by atoms with Crippen LogP contribution in [0.5, 0.6) is 0 Å². The zero-order chi connectivity index (χ0) is 66.5. The molecule has 0 amide bonds. The first kappa shape index (κ1) is 57.6. The second-order valence-electron chi connectivity index (χ2n) is 26.0. The highest BCUT2D eigenvalue weighted by molar-refractivity contribution is 6.15. The van der Waals surface area contributed by atoms with Crippen molar-refractivity contribution < 1.29 is 4.42 Å². The number of hydrogen-bond donors (Lipinski definition) is 0. The number of hydrogen-bond acceptors (Lipinski definition) is 3. The number of nitrogens with zero attached hydrogens (tertiary/aromatic N) is 6. The van der Waals surface area contributed by atoms with Crippen LogP contribution in [0.1, 0.15) is 0 Å². The molecule has 0 atom stereocenters. The van der Waals surface area contributed by atoms with Gasteiger partial charge in [0.05, 0.1) is 55.5 Å². The van der Waals surface area contributed by atoms with E-state index >= 15 is 0 Å². The number of fused-ring (bicyclic) bond motifs is 15. The van der Waals surface area contributed by atoms with E-state index in [4.69, 9.17) is 14.4 Å². The third-order valence-corrected chi connectivity index (χ3v) is 20.3. The van der Waals surface area contributed by atoms with E-state index in [0.717, 1.165) is 89.1 Å². The van der Waals surface area contributed by atoms with Crippen LogP contribution in [0.15, 0.2) is 368 Å². The zero-order valence-corrected chi connectivity index (χ0v) is 54.7. The number of furan rings is 1. The van der Waals surface area contributed by atoms with Gasteiger partial charge in [-0.2, -0.15) is 0 Å². The first-order chi connectivity index (χ1) is 50.1. The summed E-state index contributed by atoms with van der Waals surface area (Å²) >= 11 is 0. The molecule has 0 aliphatic carbocycles. The van der Waals surface area contributed by atoms with Crippen molar-refractivity contribution in [1.29, 1.82) is 0 Å². The molecule has 0 unspecified atom stereocenters. The summed E-state index contributed by atoms with van der Waals surface area (Å²) in [7, 11) is 0. The van der Waals surface area contributed by atoms with Gasteiger partial charge in [0.25, 0.3) is 0 Å². The normalized spacial score (nSPS) is 11.8. The van der Waals surface area contributed by atoms with Gasteiger partial charge in [-0.3, -0.25) is 4.57 Å². The van der Waals surface area contributed by atoms with E-state index < -0.39 is 0 Å². The summed E-state index contributed by atoms with van der Waals surface area (Å²) in [6.45, 7) is 0. The lowest BCUT2D eigenvalue weighted by molar-refractivity contribution is 0.670. The Morgan fingerprint density at radius 1 is 0.198 bits per heavy atom. The smallest absolute Gasteiger partial charge is 0.235 e. The van der Waals surface area contributed by atoms with Gasteiger partial charge in [-0.25, -0.2) is 9.97 Å². The fourth-order valence-electron chi connectivity index (χ4n) is 15.6. The molecule has 0 saturated carbocycles. The van der Waals surface area contributed by atoms with Gasteiger partial charge in [0.1, 0.15) is 11.2 Å². The molecule has 6 heterocycles. The Morgan fingerprint density at radius 2 is 0.545 bits per heavy atom. The fourth-order valence-corrected chi connectivity index (χ4v) is 15.6. The van der Waals surface area contributed by atoms with Crippen LogP contribution in [0.25, 0.3) is 188 Å². The third-order valence-electron chi connectivity index (χ3n) is 20.3. The maximum absolute atomic E-state index is 6.36. The standard InChI is InChI=1S/C48H30N2O.C46H30N4/c1-2-11-34(12-3-1)49-43-18-7-4-13-37(43)41-29-32(23-27-45(41)49)33-24-28-46-42(30-33)38-14-5-8-19-44(38)50(46)35-25-21-31(22-26-35)36-16-10-17-40-39-15-6-9-20-47(39)51-48(36)40;1-4-14-31(15-5-1)40-30-41(32-16-6-2-7-17-32)48-46(47-40)50-43-23-13-10-20-36(43)38-26-24-34(29-45(38)50)33-25-27-44-39(28-33)37-21-11-12-22-42(37)49(44)35-18-8-3-9-19-35/h1-30H;1-30H. The summed E-state index contributed by atoms with van der Waals surface area (Å²) < 4.78 is 15.7. The molecule has 472 valence electrons. The van der Waals surface area contributed by atoms with E-state index in [0.29, 0.717) is 5.95 Å². The minimum Gasteiger partial charge on any atom is -0.455 e. The molecular formula is C94H60N6O. The molecule has 21 aromatic rings. The maximum Gasteiger partial charge on any atom is 0.235 e. The minimum absolute atomic E-state index is 0.648. The predicted octanol–water partition coefficient (Wildman–Crippen LogP) is 24.8. The molecular weight excluding hydrogens is 1230 g/mol. The van der Waals surface area contributed by atoms with Crippen molar-refractivity contribution in [2.24, 2.45) is 0 Å². The Labute approximate surface area is 581 Å². The number of para-hydroxylation sites is 8. The van der Waals surface area contributed by atoms with E-state index in [1.54, 1.807) is 0 Å². The molecule has 7 heteroatoms. The highest BCUT2D eigenvalue weighted by Crippen LogP contribution is 2.43. The lowest BCUT2D eigenvalue weighted by atomic mass is 10.0. The lowest BCUT2D eigenvalue weighted by Crippen LogP contribution is -2.04. The SMILES string of the molecule is c1ccc(-c2cc(-c3ccccc3)nc(-n3c4ccccc4c4ccc(-c5ccc6c(c5)c5ccccc5n6-c5ccccc5)cc43)n2)cc1.c1ccc(-n2c3ccccc3c3cc(-c4ccc5c(c4)c4ccccc4n5-c4ccc(-c5cccc6c5oc5ccccc56)cc4)ccc32)cc1. The van der Waals surface area contributed by atoms with Crippen LogP contribution in [0.4, 0.5) is 0 Å². The van der Waals surface area contributed by atoms with E-state index in [1.807, 2.05) is 24.3 Å². The molecule has 0 bridgehead atoms. The number of aromatic nitrogens is 6. The van der Waals surface area contributed by atoms with Crippen LogP contribution < -0.4 is 0 Å². The summed E-state index contributed by atoms with van der Waals surface area (Å²) in [4.78, 5) is 10.5. The molecule has 0 radical (unpaired) electrons. The topological polar surface area (TPSA) is 58.6 Å². The maximum atomic E-state index is 6.36. The highest BCUT2D eigenvalue weighted by Gasteiger charge is 2.22. The molecule has 6 aromatic heterocycles. The first-order valence-electron chi connectivity index (χ1n) is 34.4. The Balaban J connectivity index is 0.000000136. The van der Waals surface area contributed by atoms with Crippen LogP contribution in [0.3, 0.4) is 0 Å². The highest BCUT2D eigenvalue weighted by atomic mass is 16.3. The van der Waals surface area contributed by atoms with Gasteiger partial charge in [0, 0.05) is 87.6 Å². The molecule has 101 heavy (non-hydrogen) atoms. The Bertz CT molecular complexity index is 6740. The van der Waals surface area contributed by atoms with Crippen molar-refractivity contribution in [3.63, 3.8) is 0 Å². The predicted molar refractivity (Wildman–Crippen MR) is 420 cm³/mol. The summed E-state index contributed by atoms with van der Waals surface area (Å²) in [5, 5.41) is 12.1. The van der Waals surface area contributed by atoms with Crippen LogP contribution in [0.2, 0.25) is 0 Å². The molecule has 0 aliphatic rings. The van der Waals surface area contributed by atoms with Gasteiger partial charge in [-0.05, 0) is 143 Å². The molecule has 0 aliphatic heterocycles. The van der Waals surface area contributed by atoms with Crippen LogP contribution in [-0.4, -0.2) is 28.2 Å². The van der Waals surface area contributed by atoms with Gasteiger partial charge in [-0.15, -0.1) is 0 Å². The molecule has 15 aromatic carbocycles. The van der Waals surface area contributed by atoms with Gasteiger partial charge < -0.3 is 18.1 Å². The van der Waals surface area contributed by atoms with Crippen LogP contribution in [0, 0.1) is 0 Å². The van der Waals surface area contributed by atoms with Gasteiger partial charge in [-0.1, -0.05) is 249 Å². The molecule has 21 rings (SSSR count). The summed E-state index contributed by atoms with van der Waals surface area (Å²) in [5.74, 6) is 0.648. The summed E-state index contributed by atoms with van der Waals surface area (Å²) in [6.07, 6.45) is 0. The van der Waals surface area contributed by atoms with Crippen LogP contribution in [-0.2, 0) is 0 Å². The molecule has 0 spiro atoms. The van der Waals surface area contributed by atoms with E-state index in [2.05, 4.69) is 358 Å². The average molecular weight is 1290 g/mol. The zero-order valence-electron chi connectivity index (χ0n) is 54.7. The Morgan fingerprint density at radius 3 is 1.03 bits per heavy atom. The monoisotopic (exact) mass is 1290 g/mol. The Hall–Kier alpha value is -13.6. The number of rotatable bonds is 9. The van der Waals surface area contributed by atoms with E-state index in [1.165, 1.54) is 93.0 Å². The number of benzene rings is 15. The molecule has 7 nitrogen and oxygen atoms in total. The van der Waals surface area contributed by atoms with Gasteiger partial charge in [0.15, 0.2) is 0 Å². The molecule has 0 fully saturated rings. The first-order valence-corrected chi connectivity index (χ1v) is 34.4. The van der Waals surface area contributed by atoms with Crippen molar-refractivity contribution in [2.45, 2.75) is 0 Å². The molecule has 0 N–H and O–H groups in total. The quantitative estimate of drug-likeness (QED) is 0.145. The minimum atomic E-state index is 0.648. The van der Waals surface area contributed by atoms with Crippen molar-refractivity contribution in [3.8, 4) is 78.9 Å². The second-order valence-corrected chi connectivity index (χ2v) is 26.0. The van der Waals surface area contributed by atoms with E-state index in [-0.39, 0.29) is 0 Å². The summed E-state index contributed by atoms with van der Waals surface area (Å²) in [5.41, 5.74) is 25.5. The van der Waals surface area contributed by atoms with Gasteiger partial charge in [0.2, 0.25) is 5.95 Å².